The number of rotatable bonds is 6. The summed E-state index contributed by atoms with van der Waals surface area (Å²) in [6, 6.07) is 16.6. The number of aromatic nitrogens is 2. The third-order valence-corrected chi connectivity index (χ3v) is 7.99. The molecular weight excluding hydrogens is 473 g/mol. The molecule has 2 aromatic carbocycles. The molecule has 0 aliphatic carbocycles. The molecule has 0 unspecified atom stereocenters. The number of piperidine rings is 1. The number of aryl methyl sites for hydroxylation is 1. The van der Waals surface area contributed by atoms with E-state index in [1.165, 1.54) is 18.8 Å². The molecule has 2 N–H and O–H groups in total. The quantitative estimate of drug-likeness (QED) is 0.484. The molecule has 1 aromatic heterocycles. The minimum Gasteiger partial charge on any atom is -0.366 e. The summed E-state index contributed by atoms with van der Waals surface area (Å²) < 4.78 is 39.9. The lowest BCUT2D eigenvalue weighted by molar-refractivity contribution is -0.143. The third-order valence-electron chi connectivity index (χ3n) is 7.07. The minimum atomic E-state index is -4.42. The first-order chi connectivity index (χ1) is 16.5. The lowest BCUT2D eigenvalue weighted by Crippen LogP contribution is -2.47. The first-order valence-corrected chi connectivity index (χ1v) is 12.3. The molecule has 9 heteroatoms. The van der Waals surface area contributed by atoms with Crippen LogP contribution in [0.3, 0.4) is 0 Å². The summed E-state index contributed by atoms with van der Waals surface area (Å²) in [5, 5.41) is 4.29. The number of halogens is 3. The molecular formula is C26H29F3N4OS. The van der Waals surface area contributed by atoms with Gasteiger partial charge in [-0.2, -0.15) is 18.3 Å². The fraction of sp³-hybridized carbons (Fsp3) is 0.385. The average Bonchev–Trinajstić information content (AvgIpc) is 3.18. The zero-order chi connectivity index (χ0) is 25.4. The molecule has 0 saturated carbocycles. The van der Waals surface area contributed by atoms with Crippen LogP contribution in [0, 0.1) is 5.92 Å². The summed E-state index contributed by atoms with van der Waals surface area (Å²) in [4.78, 5) is 14.9. The highest BCUT2D eigenvalue weighted by Crippen LogP contribution is 2.40. The fourth-order valence-corrected chi connectivity index (χ4v) is 5.56. The Kier molecular flexibility index (Phi) is 7.02. The molecule has 0 spiro atoms. The van der Waals surface area contributed by atoms with Crippen LogP contribution < -0.4 is 5.73 Å². The van der Waals surface area contributed by atoms with Crippen molar-refractivity contribution in [2.24, 2.45) is 18.7 Å². The molecule has 3 aromatic rings. The third kappa shape index (κ3) is 5.56. The van der Waals surface area contributed by atoms with Crippen LogP contribution in [0.25, 0.3) is 0 Å². The van der Waals surface area contributed by atoms with E-state index in [0.717, 1.165) is 52.8 Å². The van der Waals surface area contributed by atoms with Crippen molar-refractivity contribution in [2.75, 3.05) is 13.1 Å². The van der Waals surface area contributed by atoms with Crippen LogP contribution in [0.5, 0.6) is 0 Å². The van der Waals surface area contributed by atoms with Crippen molar-refractivity contribution < 1.29 is 18.0 Å². The molecule has 1 aliphatic rings. The second-order valence-electron chi connectivity index (χ2n) is 9.48. The van der Waals surface area contributed by atoms with Crippen LogP contribution in [-0.2, 0) is 25.2 Å². The highest BCUT2D eigenvalue weighted by Gasteiger charge is 2.38. The molecule has 0 bridgehead atoms. The zero-order valence-corrected chi connectivity index (χ0v) is 20.8. The Bertz CT molecular complexity index is 1210. The number of hydrogen-bond donors (Lipinski definition) is 1. The van der Waals surface area contributed by atoms with E-state index >= 15 is 0 Å². The van der Waals surface area contributed by atoms with E-state index in [1.807, 2.05) is 36.4 Å². The molecule has 1 fully saturated rings. The molecule has 186 valence electrons. The Hall–Kier alpha value is -2.78. The summed E-state index contributed by atoms with van der Waals surface area (Å²) in [5.41, 5.74) is 7.51. The molecule has 0 radical (unpaired) electrons. The van der Waals surface area contributed by atoms with E-state index in [0.29, 0.717) is 16.5 Å². The Balaban J connectivity index is 1.38. The van der Waals surface area contributed by atoms with Gasteiger partial charge in [0.15, 0.2) is 0 Å². The molecule has 4 rings (SSSR count). The number of nitrogens with zero attached hydrogens (tertiary/aromatic N) is 3. The van der Waals surface area contributed by atoms with Crippen LogP contribution in [0.2, 0.25) is 0 Å². The Morgan fingerprint density at radius 2 is 1.91 bits per heavy atom. The summed E-state index contributed by atoms with van der Waals surface area (Å²) in [6.45, 7) is 7.14. The van der Waals surface area contributed by atoms with Crippen molar-refractivity contribution in [3.8, 4) is 0 Å². The summed E-state index contributed by atoms with van der Waals surface area (Å²) >= 11 is 1.22. The van der Waals surface area contributed by atoms with Gasteiger partial charge in [-0.05, 0) is 59.7 Å². The first-order valence-electron chi connectivity index (χ1n) is 11.5. The Morgan fingerprint density at radius 3 is 2.51 bits per heavy atom. The van der Waals surface area contributed by atoms with E-state index in [9.17, 15) is 18.0 Å². The van der Waals surface area contributed by atoms with Crippen molar-refractivity contribution in [2.45, 2.75) is 48.3 Å². The number of likely N-dealkylation sites (tertiary alicyclic amines) is 1. The summed E-state index contributed by atoms with van der Waals surface area (Å²) in [7, 11) is 1.30. The van der Waals surface area contributed by atoms with Crippen LogP contribution in [-0.4, -0.2) is 33.7 Å². The average molecular weight is 503 g/mol. The van der Waals surface area contributed by atoms with Gasteiger partial charge in [0.25, 0.3) is 0 Å². The lowest BCUT2D eigenvalue weighted by Gasteiger charge is -2.45. The smallest absolute Gasteiger partial charge is 0.366 e. The minimum absolute atomic E-state index is 0.0413. The number of nitrogens with two attached hydrogens (primary N) is 1. The van der Waals surface area contributed by atoms with E-state index < -0.39 is 17.8 Å². The maximum Gasteiger partial charge on any atom is 0.433 e. The first kappa shape index (κ1) is 25.3. The highest BCUT2D eigenvalue weighted by molar-refractivity contribution is 7.99. The number of primary amides is 1. The van der Waals surface area contributed by atoms with E-state index in [-0.39, 0.29) is 5.41 Å². The second kappa shape index (κ2) is 9.70. The van der Waals surface area contributed by atoms with Gasteiger partial charge >= 0.3 is 6.18 Å². The number of hydrogen-bond acceptors (Lipinski definition) is 4. The van der Waals surface area contributed by atoms with Crippen LogP contribution in [0.1, 0.15) is 47.4 Å². The van der Waals surface area contributed by atoms with E-state index in [2.05, 4.69) is 29.9 Å². The zero-order valence-electron chi connectivity index (χ0n) is 20.0. The van der Waals surface area contributed by atoms with Crippen molar-refractivity contribution in [3.63, 3.8) is 0 Å². The van der Waals surface area contributed by atoms with Gasteiger partial charge in [0.05, 0.1) is 0 Å². The van der Waals surface area contributed by atoms with Crippen molar-refractivity contribution >= 4 is 17.7 Å². The van der Waals surface area contributed by atoms with Gasteiger partial charge in [0, 0.05) is 36.7 Å². The van der Waals surface area contributed by atoms with Crippen molar-refractivity contribution in [1.29, 1.82) is 0 Å². The molecule has 35 heavy (non-hydrogen) atoms. The van der Waals surface area contributed by atoms with Gasteiger partial charge in [-0.15, -0.1) is 0 Å². The van der Waals surface area contributed by atoms with Gasteiger partial charge in [-0.25, -0.2) is 0 Å². The van der Waals surface area contributed by atoms with Gasteiger partial charge < -0.3 is 5.73 Å². The number of carbonyl (C=O) groups excluding carboxylic acids is 1. The predicted molar refractivity (Wildman–Crippen MR) is 130 cm³/mol. The van der Waals surface area contributed by atoms with Gasteiger partial charge in [-0.3, -0.25) is 14.4 Å². The topological polar surface area (TPSA) is 64.2 Å². The molecule has 2 atom stereocenters. The normalized spacial score (nSPS) is 21.3. The largest absolute Gasteiger partial charge is 0.433 e. The molecule has 1 saturated heterocycles. The number of alkyl halides is 3. The van der Waals surface area contributed by atoms with Gasteiger partial charge in [-0.1, -0.05) is 49.9 Å². The summed E-state index contributed by atoms with van der Waals surface area (Å²) in [6.07, 6.45) is -3.46. The maximum atomic E-state index is 13.0. The van der Waals surface area contributed by atoms with Gasteiger partial charge in [0.2, 0.25) is 5.91 Å². The number of carbonyl (C=O) groups is 1. The summed E-state index contributed by atoms with van der Waals surface area (Å²) in [5.74, 6) is -0.0350. The molecule has 2 heterocycles. The van der Waals surface area contributed by atoms with Crippen LogP contribution in [0.15, 0.2) is 64.5 Å². The molecule has 1 amide bonds. The Morgan fingerprint density at radius 1 is 1.20 bits per heavy atom. The van der Waals surface area contributed by atoms with E-state index in [1.54, 1.807) is 6.07 Å². The van der Waals surface area contributed by atoms with E-state index in [4.69, 9.17) is 5.73 Å². The number of benzene rings is 2. The van der Waals surface area contributed by atoms with Crippen LogP contribution in [0.4, 0.5) is 13.2 Å². The Labute approximate surface area is 207 Å². The van der Waals surface area contributed by atoms with Crippen LogP contribution >= 0.6 is 11.8 Å². The number of amides is 1. The standard InChI is InChI=1S/C26H29F3N4OS/c1-17-15-33(12-11-25(17,2)20-6-4-5-19(13-20)24(30)34)16-18-7-9-21(10-8-18)35-23-14-22(26(27,28)29)32(3)31-23/h4-10,13-14,17H,11-12,15-16H2,1-3H3,(H2,30,34)/t17-,25+/m0/s1. The van der Waals surface area contributed by atoms with Crippen molar-refractivity contribution in [3.05, 3.63) is 77.0 Å². The van der Waals surface area contributed by atoms with Gasteiger partial charge in [0.1, 0.15) is 10.7 Å². The maximum absolute atomic E-state index is 13.0. The lowest BCUT2D eigenvalue weighted by atomic mass is 9.68. The fourth-order valence-electron chi connectivity index (χ4n) is 4.71. The highest BCUT2D eigenvalue weighted by atomic mass is 32.2. The molecule has 5 nitrogen and oxygen atoms in total. The molecule has 1 aliphatic heterocycles. The van der Waals surface area contributed by atoms with Crippen molar-refractivity contribution in [1.82, 2.24) is 14.7 Å². The SMILES string of the molecule is C[C@H]1CN(Cc2ccc(Sc3cc(C(F)(F)F)n(C)n3)cc2)CC[C@@]1(C)c1cccc(C(N)=O)c1. The predicted octanol–water partition coefficient (Wildman–Crippen LogP) is 5.49. The second-order valence-corrected chi connectivity index (χ2v) is 10.6. The monoisotopic (exact) mass is 502 g/mol.